The highest BCUT2D eigenvalue weighted by Gasteiger charge is 2.21. The zero-order chi connectivity index (χ0) is 20.9. The fourth-order valence-corrected chi connectivity index (χ4v) is 4.00. The van der Waals surface area contributed by atoms with Crippen molar-refractivity contribution in [3.8, 4) is 17.2 Å². The molecule has 0 radical (unpaired) electrons. The van der Waals surface area contributed by atoms with Gasteiger partial charge in [0.15, 0.2) is 11.5 Å². The van der Waals surface area contributed by atoms with E-state index < -0.39 is 0 Å². The van der Waals surface area contributed by atoms with Crippen LogP contribution in [0.5, 0.6) is 17.2 Å². The molecule has 0 aromatic heterocycles. The lowest BCUT2D eigenvalue weighted by atomic mass is 10.1. The molecular weight excluding hydrogens is 382 g/mol. The number of methoxy groups -OCH3 is 1. The summed E-state index contributed by atoms with van der Waals surface area (Å²) in [6.45, 7) is 7.20. The molecule has 30 heavy (non-hydrogen) atoms. The van der Waals surface area contributed by atoms with Gasteiger partial charge in [-0.15, -0.1) is 0 Å². The highest BCUT2D eigenvalue weighted by atomic mass is 16.7. The van der Waals surface area contributed by atoms with Crippen molar-refractivity contribution >= 4 is 5.91 Å². The summed E-state index contributed by atoms with van der Waals surface area (Å²) in [7, 11) is 1.65. The van der Waals surface area contributed by atoms with Crippen LogP contribution in [0.3, 0.4) is 0 Å². The Hall–Kier alpha value is -2.77. The van der Waals surface area contributed by atoms with Crippen molar-refractivity contribution in [1.82, 2.24) is 15.1 Å². The van der Waals surface area contributed by atoms with Crippen molar-refractivity contribution in [1.29, 1.82) is 0 Å². The Morgan fingerprint density at radius 3 is 2.60 bits per heavy atom. The number of hydrogen-bond acceptors (Lipinski definition) is 6. The van der Waals surface area contributed by atoms with Gasteiger partial charge in [0, 0.05) is 38.3 Å². The van der Waals surface area contributed by atoms with Crippen LogP contribution in [0, 0.1) is 0 Å². The molecule has 1 saturated heterocycles. The predicted octanol–water partition coefficient (Wildman–Crippen LogP) is 2.42. The normalized spacial score (nSPS) is 17.5. The molecule has 2 heterocycles. The third-order valence-corrected chi connectivity index (χ3v) is 5.66. The summed E-state index contributed by atoms with van der Waals surface area (Å²) in [6, 6.07) is 13.8. The summed E-state index contributed by atoms with van der Waals surface area (Å²) in [4.78, 5) is 17.2. The van der Waals surface area contributed by atoms with E-state index in [1.54, 1.807) is 7.11 Å². The Bertz CT molecular complexity index is 881. The highest BCUT2D eigenvalue weighted by molar-refractivity contribution is 5.78. The number of hydrogen-bond donors (Lipinski definition) is 1. The number of carbonyl (C=O) groups excluding carboxylic acids is 1. The van der Waals surface area contributed by atoms with Crippen LogP contribution in [0.4, 0.5) is 0 Å². The first kappa shape index (κ1) is 20.5. The van der Waals surface area contributed by atoms with Gasteiger partial charge in [0.1, 0.15) is 5.75 Å². The second kappa shape index (κ2) is 9.36. The lowest BCUT2D eigenvalue weighted by Gasteiger charge is -2.34. The van der Waals surface area contributed by atoms with Crippen LogP contribution in [0.1, 0.15) is 24.1 Å². The molecular formula is C23H29N3O4. The molecule has 7 heteroatoms. The number of piperazine rings is 1. The van der Waals surface area contributed by atoms with Crippen molar-refractivity contribution in [2.45, 2.75) is 19.5 Å². The number of benzene rings is 2. The van der Waals surface area contributed by atoms with Crippen LogP contribution in [0.15, 0.2) is 42.5 Å². The monoisotopic (exact) mass is 411 g/mol. The molecule has 0 spiro atoms. The van der Waals surface area contributed by atoms with Gasteiger partial charge in [-0.05, 0) is 30.7 Å². The van der Waals surface area contributed by atoms with Crippen molar-refractivity contribution in [2.24, 2.45) is 0 Å². The SMILES string of the molecule is COc1ccccc1C(C)NC(=O)CN1CCN(Cc2ccc3c(c2)OCO3)CC1. The molecule has 1 amide bonds. The molecule has 4 rings (SSSR count). The van der Waals surface area contributed by atoms with E-state index in [1.165, 1.54) is 5.56 Å². The van der Waals surface area contributed by atoms with E-state index in [1.807, 2.05) is 37.3 Å². The molecule has 0 saturated carbocycles. The fraction of sp³-hybridized carbons (Fsp3) is 0.435. The summed E-state index contributed by atoms with van der Waals surface area (Å²) >= 11 is 0. The predicted molar refractivity (Wildman–Crippen MR) is 114 cm³/mol. The standard InChI is InChI=1S/C23H29N3O4/c1-17(19-5-3-4-6-20(19)28-2)24-23(27)15-26-11-9-25(10-12-26)14-18-7-8-21-22(13-18)30-16-29-21/h3-8,13,17H,9-12,14-16H2,1-2H3,(H,24,27). The van der Waals surface area contributed by atoms with Crippen molar-refractivity contribution < 1.29 is 19.0 Å². The lowest BCUT2D eigenvalue weighted by molar-refractivity contribution is -0.123. The maximum Gasteiger partial charge on any atom is 0.234 e. The van der Waals surface area contributed by atoms with Gasteiger partial charge in [-0.2, -0.15) is 0 Å². The van der Waals surface area contributed by atoms with E-state index in [4.69, 9.17) is 14.2 Å². The Morgan fingerprint density at radius 2 is 1.80 bits per heavy atom. The summed E-state index contributed by atoms with van der Waals surface area (Å²) in [5.74, 6) is 2.48. The van der Waals surface area contributed by atoms with Crippen LogP contribution < -0.4 is 19.5 Å². The van der Waals surface area contributed by atoms with Crippen molar-refractivity contribution in [3.63, 3.8) is 0 Å². The summed E-state index contributed by atoms with van der Waals surface area (Å²) in [5, 5.41) is 3.09. The van der Waals surface area contributed by atoms with Crippen molar-refractivity contribution in [3.05, 3.63) is 53.6 Å². The molecule has 2 aromatic rings. The minimum Gasteiger partial charge on any atom is -0.496 e. The Balaban J connectivity index is 1.23. The van der Waals surface area contributed by atoms with Crippen LogP contribution in [-0.2, 0) is 11.3 Å². The molecule has 7 nitrogen and oxygen atoms in total. The second-order valence-electron chi connectivity index (χ2n) is 7.77. The number of para-hydroxylation sites is 1. The Kier molecular flexibility index (Phi) is 6.40. The molecule has 0 bridgehead atoms. The average molecular weight is 412 g/mol. The van der Waals surface area contributed by atoms with Crippen LogP contribution in [0.2, 0.25) is 0 Å². The number of amides is 1. The van der Waals surface area contributed by atoms with Crippen molar-refractivity contribution in [2.75, 3.05) is 46.6 Å². The molecule has 2 aliphatic rings. The molecule has 1 unspecified atom stereocenters. The number of rotatable bonds is 7. The molecule has 1 atom stereocenters. The second-order valence-corrected chi connectivity index (χ2v) is 7.77. The minimum atomic E-state index is -0.0963. The Labute approximate surface area is 177 Å². The highest BCUT2D eigenvalue weighted by Crippen LogP contribution is 2.32. The van der Waals surface area contributed by atoms with Gasteiger partial charge in [0.2, 0.25) is 12.7 Å². The largest absolute Gasteiger partial charge is 0.496 e. The molecule has 160 valence electrons. The lowest BCUT2D eigenvalue weighted by Crippen LogP contribution is -2.49. The first-order chi connectivity index (χ1) is 14.6. The van der Waals surface area contributed by atoms with E-state index in [0.29, 0.717) is 13.3 Å². The maximum atomic E-state index is 12.5. The number of ether oxygens (including phenoxy) is 3. The number of nitrogens with zero attached hydrogens (tertiary/aromatic N) is 2. The fourth-order valence-electron chi connectivity index (χ4n) is 4.00. The molecule has 2 aromatic carbocycles. The first-order valence-corrected chi connectivity index (χ1v) is 10.4. The third kappa shape index (κ3) is 4.86. The van der Waals surface area contributed by atoms with E-state index >= 15 is 0 Å². The zero-order valence-corrected chi connectivity index (χ0v) is 17.6. The minimum absolute atomic E-state index is 0.0395. The van der Waals surface area contributed by atoms with Gasteiger partial charge in [0.25, 0.3) is 0 Å². The topological polar surface area (TPSA) is 63.3 Å². The summed E-state index contributed by atoms with van der Waals surface area (Å²) in [5.41, 5.74) is 2.21. The first-order valence-electron chi connectivity index (χ1n) is 10.4. The maximum absolute atomic E-state index is 12.5. The van der Waals surface area contributed by atoms with Gasteiger partial charge in [-0.25, -0.2) is 0 Å². The van der Waals surface area contributed by atoms with Gasteiger partial charge < -0.3 is 19.5 Å². The smallest absolute Gasteiger partial charge is 0.234 e. The average Bonchev–Trinajstić information content (AvgIpc) is 3.23. The summed E-state index contributed by atoms with van der Waals surface area (Å²) < 4.78 is 16.2. The van der Waals surface area contributed by atoms with Gasteiger partial charge in [-0.1, -0.05) is 24.3 Å². The summed E-state index contributed by atoms with van der Waals surface area (Å²) in [6.07, 6.45) is 0. The Morgan fingerprint density at radius 1 is 1.07 bits per heavy atom. The van der Waals surface area contributed by atoms with Crippen LogP contribution in [0.25, 0.3) is 0 Å². The van der Waals surface area contributed by atoms with Crippen LogP contribution >= 0.6 is 0 Å². The van der Waals surface area contributed by atoms with E-state index in [9.17, 15) is 4.79 Å². The molecule has 0 aliphatic carbocycles. The number of fused-ring (bicyclic) bond motifs is 1. The van der Waals surface area contributed by atoms with Gasteiger partial charge >= 0.3 is 0 Å². The number of nitrogens with one attached hydrogen (secondary N) is 1. The molecule has 1 N–H and O–H groups in total. The van der Waals surface area contributed by atoms with E-state index in [-0.39, 0.29) is 11.9 Å². The van der Waals surface area contributed by atoms with Crippen LogP contribution in [-0.4, -0.2) is 62.3 Å². The van der Waals surface area contributed by atoms with Gasteiger partial charge in [0.05, 0.1) is 19.7 Å². The van der Waals surface area contributed by atoms with E-state index in [2.05, 4.69) is 27.2 Å². The third-order valence-electron chi connectivity index (χ3n) is 5.66. The van der Waals surface area contributed by atoms with Gasteiger partial charge in [-0.3, -0.25) is 14.6 Å². The zero-order valence-electron chi connectivity index (χ0n) is 17.6. The quantitative estimate of drug-likeness (QED) is 0.755. The molecule has 1 fully saturated rings. The van der Waals surface area contributed by atoms with E-state index in [0.717, 1.165) is 55.5 Å². The molecule has 2 aliphatic heterocycles. The number of carbonyl (C=O) groups is 1.